The zero-order valence-corrected chi connectivity index (χ0v) is 8.70. The standard InChI is InChI=1S/C9H19N3/c1-8-11(5)10-7-12(8)6-9(2,3)4/h7-8H,6H2,1-5H3. The molecule has 70 valence electrons. The Morgan fingerprint density at radius 1 is 1.42 bits per heavy atom. The van der Waals surface area contributed by atoms with Gasteiger partial charge in [0.1, 0.15) is 12.5 Å². The second-order valence-electron chi connectivity index (χ2n) is 4.67. The Hall–Kier alpha value is -0.730. The van der Waals surface area contributed by atoms with E-state index >= 15 is 0 Å². The molecule has 1 heterocycles. The van der Waals surface area contributed by atoms with Crippen molar-refractivity contribution < 1.29 is 0 Å². The van der Waals surface area contributed by atoms with Gasteiger partial charge in [0, 0.05) is 13.6 Å². The molecule has 0 bridgehead atoms. The molecule has 0 aromatic heterocycles. The van der Waals surface area contributed by atoms with Gasteiger partial charge in [-0.3, -0.25) is 5.01 Å². The zero-order valence-electron chi connectivity index (χ0n) is 8.70. The molecule has 0 spiro atoms. The summed E-state index contributed by atoms with van der Waals surface area (Å²) in [4.78, 5) is 2.26. The SMILES string of the molecule is CC1N(CC(C)(C)C)C=NN1C. The number of hydrogen-bond donors (Lipinski definition) is 0. The van der Waals surface area contributed by atoms with Crippen molar-refractivity contribution in [3.8, 4) is 0 Å². The predicted octanol–water partition coefficient (Wildman–Crippen LogP) is 1.57. The largest absolute Gasteiger partial charge is 0.339 e. The topological polar surface area (TPSA) is 18.8 Å². The van der Waals surface area contributed by atoms with Gasteiger partial charge in [-0.1, -0.05) is 20.8 Å². The van der Waals surface area contributed by atoms with E-state index < -0.39 is 0 Å². The van der Waals surface area contributed by atoms with Crippen LogP contribution in [0.2, 0.25) is 0 Å². The van der Waals surface area contributed by atoms with Gasteiger partial charge in [-0.05, 0) is 12.3 Å². The summed E-state index contributed by atoms with van der Waals surface area (Å²) in [5.41, 5.74) is 0.339. The average Bonchev–Trinajstić information content (AvgIpc) is 2.16. The van der Waals surface area contributed by atoms with Gasteiger partial charge >= 0.3 is 0 Å². The summed E-state index contributed by atoms with van der Waals surface area (Å²) in [5.74, 6) is 0. The number of nitrogens with zero attached hydrogens (tertiary/aromatic N) is 3. The first-order valence-electron chi connectivity index (χ1n) is 4.43. The monoisotopic (exact) mass is 169 g/mol. The molecule has 1 aliphatic heterocycles. The quantitative estimate of drug-likeness (QED) is 0.593. The maximum absolute atomic E-state index is 4.22. The van der Waals surface area contributed by atoms with Crippen molar-refractivity contribution in [1.29, 1.82) is 0 Å². The number of hydrogen-bond acceptors (Lipinski definition) is 3. The van der Waals surface area contributed by atoms with Crippen LogP contribution in [0.25, 0.3) is 0 Å². The smallest absolute Gasteiger partial charge is 0.116 e. The third kappa shape index (κ3) is 2.13. The van der Waals surface area contributed by atoms with Crippen LogP contribution in [0.15, 0.2) is 5.10 Å². The lowest BCUT2D eigenvalue weighted by molar-refractivity contribution is 0.146. The molecule has 1 rings (SSSR count). The van der Waals surface area contributed by atoms with E-state index in [1.54, 1.807) is 0 Å². The van der Waals surface area contributed by atoms with Crippen LogP contribution < -0.4 is 0 Å². The molecule has 3 nitrogen and oxygen atoms in total. The van der Waals surface area contributed by atoms with Crippen molar-refractivity contribution >= 4 is 6.34 Å². The molecule has 1 unspecified atom stereocenters. The van der Waals surface area contributed by atoms with E-state index in [0.29, 0.717) is 11.6 Å². The second-order valence-corrected chi connectivity index (χ2v) is 4.67. The van der Waals surface area contributed by atoms with Crippen molar-refractivity contribution in [2.45, 2.75) is 33.9 Å². The van der Waals surface area contributed by atoms with Gasteiger partial charge in [-0.15, -0.1) is 0 Å². The maximum atomic E-state index is 4.22. The number of hydrazone groups is 1. The minimum absolute atomic E-state index is 0.339. The predicted molar refractivity (Wildman–Crippen MR) is 51.9 cm³/mol. The third-order valence-corrected chi connectivity index (χ3v) is 2.06. The molecule has 0 saturated heterocycles. The summed E-state index contributed by atoms with van der Waals surface area (Å²) >= 11 is 0. The molecule has 0 saturated carbocycles. The van der Waals surface area contributed by atoms with Crippen molar-refractivity contribution in [2.75, 3.05) is 13.6 Å². The summed E-state index contributed by atoms with van der Waals surface area (Å²) in [6.07, 6.45) is 2.33. The highest BCUT2D eigenvalue weighted by atomic mass is 15.6. The van der Waals surface area contributed by atoms with E-state index in [9.17, 15) is 0 Å². The molecule has 3 heteroatoms. The Kier molecular flexibility index (Phi) is 2.31. The third-order valence-electron chi connectivity index (χ3n) is 2.06. The lowest BCUT2D eigenvalue weighted by Crippen LogP contribution is -2.39. The maximum Gasteiger partial charge on any atom is 0.116 e. The minimum Gasteiger partial charge on any atom is -0.339 e. The summed E-state index contributed by atoms with van der Waals surface area (Å²) in [5, 5.41) is 6.19. The Labute approximate surface area is 75.0 Å². The van der Waals surface area contributed by atoms with Crippen molar-refractivity contribution in [3.63, 3.8) is 0 Å². The molecule has 0 aromatic carbocycles. The van der Waals surface area contributed by atoms with E-state index in [1.165, 1.54) is 0 Å². The zero-order chi connectivity index (χ0) is 9.35. The highest BCUT2D eigenvalue weighted by Gasteiger charge is 2.24. The van der Waals surface area contributed by atoms with E-state index in [1.807, 2.05) is 18.4 Å². The molecule has 0 fully saturated rings. The first kappa shape index (κ1) is 9.36. The van der Waals surface area contributed by atoms with Gasteiger partial charge in [0.2, 0.25) is 0 Å². The molecule has 1 aliphatic rings. The molecule has 1 atom stereocenters. The van der Waals surface area contributed by atoms with Crippen LogP contribution in [-0.4, -0.2) is 36.0 Å². The van der Waals surface area contributed by atoms with Gasteiger partial charge in [0.15, 0.2) is 0 Å². The summed E-state index contributed by atoms with van der Waals surface area (Å²) in [7, 11) is 2.00. The van der Waals surface area contributed by atoms with Crippen LogP contribution in [0.4, 0.5) is 0 Å². The second kappa shape index (κ2) is 2.96. The first-order valence-corrected chi connectivity index (χ1v) is 4.43. The molecular weight excluding hydrogens is 150 g/mol. The van der Waals surface area contributed by atoms with Crippen LogP contribution in [0.1, 0.15) is 27.7 Å². The van der Waals surface area contributed by atoms with E-state index in [2.05, 4.69) is 37.7 Å². The van der Waals surface area contributed by atoms with Crippen LogP contribution in [0.3, 0.4) is 0 Å². The molecule has 0 radical (unpaired) electrons. The van der Waals surface area contributed by atoms with E-state index in [-0.39, 0.29) is 0 Å². The fraction of sp³-hybridized carbons (Fsp3) is 0.889. The lowest BCUT2D eigenvalue weighted by Gasteiger charge is -2.30. The number of rotatable bonds is 1. The van der Waals surface area contributed by atoms with Crippen LogP contribution in [0, 0.1) is 5.41 Å². The normalized spacial score (nSPS) is 23.9. The fourth-order valence-electron chi connectivity index (χ4n) is 1.28. The van der Waals surface area contributed by atoms with Gasteiger partial charge in [0.25, 0.3) is 0 Å². The Balaban J connectivity index is 2.51. The highest BCUT2D eigenvalue weighted by molar-refractivity contribution is 5.56. The van der Waals surface area contributed by atoms with Crippen LogP contribution >= 0.6 is 0 Å². The molecular formula is C9H19N3. The molecule has 0 aliphatic carbocycles. The average molecular weight is 169 g/mol. The highest BCUT2D eigenvalue weighted by Crippen LogP contribution is 2.19. The molecule has 0 amide bonds. The Morgan fingerprint density at radius 3 is 2.33 bits per heavy atom. The van der Waals surface area contributed by atoms with Gasteiger partial charge in [-0.2, -0.15) is 5.10 Å². The van der Waals surface area contributed by atoms with Gasteiger partial charge in [-0.25, -0.2) is 0 Å². The summed E-state index contributed by atoms with van der Waals surface area (Å²) < 4.78 is 0. The van der Waals surface area contributed by atoms with Crippen molar-refractivity contribution in [3.05, 3.63) is 0 Å². The van der Waals surface area contributed by atoms with E-state index in [4.69, 9.17) is 0 Å². The minimum atomic E-state index is 0.339. The first-order chi connectivity index (χ1) is 5.40. The van der Waals surface area contributed by atoms with Gasteiger partial charge in [0.05, 0.1) is 0 Å². The molecule has 0 aromatic rings. The van der Waals surface area contributed by atoms with Gasteiger partial charge < -0.3 is 4.90 Å². The van der Waals surface area contributed by atoms with Crippen LogP contribution in [-0.2, 0) is 0 Å². The summed E-state index contributed by atoms with van der Waals surface area (Å²) in [6, 6.07) is 0. The Bertz CT molecular complexity index is 181. The molecule has 0 N–H and O–H groups in total. The molecule has 12 heavy (non-hydrogen) atoms. The van der Waals surface area contributed by atoms with Crippen LogP contribution in [0.5, 0.6) is 0 Å². The van der Waals surface area contributed by atoms with E-state index in [0.717, 1.165) is 6.54 Å². The summed E-state index contributed by atoms with van der Waals surface area (Å²) in [6.45, 7) is 9.95. The van der Waals surface area contributed by atoms with Crippen molar-refractivity contribution in [1.82, 2.24) is 9.91 Å². The lowest BCUT2D eigenvalue weighted by atomic mass is 9.96. The Morgan fingerprint density at radius 2 is 2.00 bits per heavy atom. The fourth-order valence-corrected chi connectivity index (χ4v) is 1.28. The van der Waals surface area contributed by atoms with Crippen molar-refractivity contribution in [2.24, 2.45) is 10.5 Å².